The summed E-state index contributed by atoms with van der Waals surface area (Å²) in [4.78, 5) is 25.7. The lowest BCUT2D eigenvalue weighted by atomic mass is 9.96. The first-order valence-corrected chi connectivity index (χ1v) is 10.7. The first-order chi connectivity index (χ1) is 15.5. The maximum atomic E-state index is 12.2. The van der Waals surface area contributed by atoms with Crippen LogP contribution in [0.15, 0.2) is 61.1 Å². The molecule has 4 aromatic rings. The van der Waals surface area contributed by atoms with E-state index in [4.69, 9.17) is 0 Å². The average Bonchev–Trinajstić information content (AvgIpc) is 2.81. The van der Waals surface area contributed by atoms with Gasteiger partial charge in [-0.15, -0.1) is 0 Å². The van der Waals surface area contributed by atoms with E-state index in [9.17, 15) is 4.79 Å². The number of hydrogen-bond donors (Lipinski definition) is 2. The molecule has 0 radical (unpaired) electrons. The Morgan fingerprint density at radius 2 is 1.85 bits per heavy atom. The van der Waals surface area contributed by atoms with Crippen molar-refractivity contribution in [3.05, 3.63) is 83.3 Å². The molecule has 4 rings (SSSR count). The molecule has 0 fully saturated rings. The van der Waals surface area contributed by atoms with Crippen LogP contribution in [0.3, 0.4) is 0 Å². The molecule has 0 aliphatic rings. The first-order valence-electron chi connectivity index (χ1n) is 10.7. The number of rotatable bonds is 6. The van der Waals surface area contributed by atoms with Crippen molar-refractivity contribution in [3.63, 3.8) is 0 Å². The minimum Gasteiger partial charge on any atom is -0.369 e. The number of nitrogens with zero attached hydrogens (tertiary/aromatic N) is 3. The third-order valence-corrected chi connectivity index (χ3v) is 5.72. The zero-order valence-corrected chi connectivity index (χ0v) is 20.3. The van der Waals surface area contributed by atoms with Crippen molar-refractivity contribution in [2.45, 2.75) is 26.7 Å². The van der Waals surface area contributed by atoms with E-state index in [2.05, 4.69) is 70.6 Å². The molecule has 0 aliphatic carbocycles. The zero-order chi connectivity index (χ0) is 22.7. The highest BCUT2D eigenvalue weighted by molar-refractivity contribution is 7.59. The molecule has 0 saturated heterocycles. The highest BCUT2D eigenvalue weighted by Crippen LogP contribution is 2.27. The molecule has 0 bridgehead atoms. The van der Waals surface area contributed by atoms with Crippen molar-refractivity contribution < 1.29 is 4.79 Å². The van der Waals surface area contributed by atoms with E-state index >= 15 is 0 Å². The highest BCUT2D eigenvalue weighted by atomic mass is 32.1. The van der Waals surface area contributed by atoms with Crippen LogP contribution in [-0.4, -0.2) is 34.5 Å². The van der Waals surface area contributed by atoms with Crippen molar-refractivity contribution in [2.75, 3.05) is 18.9 Å². The van der Waals surface area contributed by atoms with Gasteiger partial charge < -0.3 is 10.6 Å². The van der Waals surface area contributed by atoms with Gasteiger partial charge in [-0.3, -0.25) is 9.78 Å². The predicted octanol–water partition coefficient (Wildman–Crippen LogP) is 5.00. The van der Waals surface area contributed by atoms with Gasteiger partial charge in [0.15, 0.2) is 0 Å². The highest BCUT2D eigenvalue weighted by Gasteiger charge is 2.15. The Hall–Kier alpha value is -3.45. The van der Waals surface area contributed by atoms with Crippen LogP contribution in [0.1, 0.15) is 39.9 Å². The molecule has 0 unspecified atom stereocenters. The summed E-state index contributed by atoms with van der Waals surface area (Å²) in [5, 5.41) is 7.00. The number of aromatic nitrogens is 3. The minimum absolute atomic E-state index is 0. The molecule has 1 amide bonds. The molecular formula is C26H29N5OS. The Bertz CT molecular complexity index is 1290. The van der Waals surface area contributed by atoms with E-state index in [1.807, 2.05) is 18.2 Å². The molecule has 33 heavy (non-hydrogen) atoms. The number of carbonyl (C=O) groups excluding carboxylic acids is 1. The molecule has 0 spiro atoms. The second kappa shape index (κ2) is 10.4. The van der Waals surface area contributed by atoms with Crippen molar-refractivity contribution >= 4 is 36.1 Å². The van der Waals surface area contributed by atoms with Gasteiger partial charge in [-0.05, 0) is 31.0 Å². The number of hydrogen-bond acceptors (Lipinski definition) is 5. The molecule has 2 heterocycles. The molecule has 1 atom stereocenters. The SMILES string of the molecule is CNC(=O)c1ccnc2c([C@H](C)CNc3cc(-c4ccc(C)cc4C)ncn3)cccc12.S. The molecule has 0 aliphatic heterocycles. The van der Waals surface area contributed by atoms with Crippen LogP contribution in [-0.2, 0) is 0 Å². The molecule has 7 heteroatoms. The van der Waals surface area contributed by atoms with Gasteiger partial charge in [0.1, 0.15) is 12.1 Å². The van der Waals surface area contributed by atoms with Crippen LogP contribution < -0.4 is 10.6 Å². The summed E-state index contributed by atoms with van der Waals surface area (Å²) in [6, 6.07) is 16.1. The van der Waals surface area contributed by atoms with E-state index in [0.717, 1.165) is 33.5 Å². The quantitative estimate of drug-likeness (QED) is 0.424. The number of pyridine rings is 1. The summed E-state index contributed by atoms with van der Waals surface area (Å²) >= 11 is 0. The largest absolute Gasteiger partial charge is 0.369 e. The van der Waals surface area contributed by atoms with E-state index in [1.165, 1.54) is 11.1 Å². The molecular weight excluding hydrogens is 430 g/mol. The molecule has 6 nitrogen and oxygen atoms in total. The normalized spacial score (nSPS) is 11.5. The van der Waals surface area contributed by atoms with Gasteiger partial charge in [-0.1, -0.05) is 48.9 Å². The average molecular weight is 460 g/mol. The van der Waals surface area contributed by atoms with Gasteiger partial charge in [0.25, 0.3) is 5.91 Å². The summed E-state index contributed by atoms with van der Waals surface area (Å²) < 4.78 is 0. The van der Waals surface area contributed by atoms with Gasteiger partial charge in [-0.2, -0.15) is 13.5 Å². The van der Waals surface area contributed by atoms with Crippen LogP contribution >= 0.6 is 13.5 Å². The van der Waals surface area contributed by atoms with E-state index in [0.29, 0.717) is 12.1 Å². The molecule has 2 aromatic carbocycles. The number of fused-ring (bicyclic) bond motifs is 1. The van der Waals surface area contributed by atoms with E-state index in [-0.39, 0.29) is 25.3 Å². The number of carbonyl (C=O) groups is 1. The Kier molecular flexibility index (Phi) is 7.66. The zero-order valence-electron chi connectivity index (χ0n) is 19.3. The van der Waals surface area contributed by atoms with E-state index < -0.39 is 0 Å². The standard InChI is InChI=1S/C26H27N5O.H2S/c1-16-8-9-19(17(2)12-16)23-13-24(31-15-30-23)29-14-18(3)20-6-5-7-21-22(26(32)27-4)10-11-28-25(20)21;/h5-13,15,18H,14H2,1-4H3,(H,27,32)(H,29,30,31);1H2/t18-;/m1./s1. The summed E-state index contributed by atoms with van der Waals surface area (Å²) in [6.45, 7) is 7.00. The van der Waals surface area contributed by atoms with E-state index in [1.54, 1.807) is 25.6 Å². The van der Waals surface area contributed by atoms with Gasteiger partial charge in [0.2, 0.25) is 0 Å². The lowest BCUT2D eigenvalue weighted by Gasteiger charge is -2.16. The van der Waals surface area contributed by atoms with Crippen LogP contribution in [0.5, 0.6) is 0 Å². The van der Waals surface area contributed by atoms with Crippen LogP contribution in [0, 0.1) is 13.8 Å². The second-order valence-corrected chi connectivity index (χ2v) is 8.07. The van der Waals surface area contributed by atoms with Crippen LogP contribution in [0.4, 0.5) is 5.82 Å². The molecule has 2 aromatic heterocycles. The van der Waals surface area contributed by atoms with Crippen molar-refractivity contribution in [3.8, 4) is 11.3 Å². The predicted molar refractivity (Wildman–Crippen MR) is 139 cm³/mol. The number of anilines is 1. The summed E-state index contributed by atoms with van der Waals surface area (Å²) in [7, 11) is 1.64. The number of amides is 1. The number of aryl methyl sites for hydroxylation is 2. The number of para-hydroxylation sites is 1. The Morgan fingerprint density at radius 3 is 2.61 bits per heavy atom. The van der Waals surface area contributed by atoms with Crippen LogP contribution in [0.25, 0.3) is 22.2 Å². The third kappa shape index (κ3) is 5.14. The van der Waals surface area contributed by atoms with Gasteiger partial charge in [0, 0.05) is 42.7 Å². The third-order valence-electron chi connectivity index (χ3n) is 5.72. The summed E-state index contributed by atoms with van der Waals surface area (Å²) in [5.74, 6) is 0.826. The fourth-order valence-corrected chi connectivity index (χ4v) is 4.00. The van der Waals surface area contributed by atoms with Crippen LogP contribution in [0.2, 0.25) is 0 Å². The monoisotopic (exact) mass is 459 g/mol. The van der Waals surface area contributed by atoms with Gasteiger partial charge in [-0.25, -0.2) is 9.97 Å². The summed E-state index contributed by atoms with van der Waals surface area (Å²) in [6.07, 6.45) is 3.29. The maximum absolute atomic E-state index is 12.2. The van der Waals surface area contributed by atoms with Crippen molar-refractivity contribution in [2.24, 2.45) is 0 Å². The number of nitrogens with one attached hydrogen (secondary N) is 2. The Balaban J connectivity index is 0.00000306. The molecule has 0 saturated carbocycles. The fraction of sp³-hybridized carbons (Fsp3) is 0.231. The van der Waals surface area contributed by atoms with Gasteiger partial charge >= 0.3 is 0 Å². The maximum Gasteiger partial charge on any atom is 0.251 e. The lowest BCUT2D eigenvalue weighted by molar-refractivity contribution is 0.0964. The smallest absolute Gasteiger partial charge is 0.251 e. The number of benzene rings is 2. The Labute approximate surface area is 201 Å². The second-order valence-electron chi connectivity index (χ2n) is 8.07. The summed E-state index contributed by atoms with van der Waals surface area (Å²) in [5.41, 5.74) is 7.00. The lowest BCUT2D eigenvalue weighted by Crippen LogP contribution is -2.18. The fourth-order valence-electron chi connectivity index (χ4n) is 4.00. The molecule has 2 N–H and O–H groups in total. The van der Waals surface area contributed by atoms with Gasteiger partial charge in [0.05, 0.1) is 16.8 Å². The minimum atomic E-state index is -0.111. The molecule has 170 valence electrons. The van der Waals surface area contributed by atoms with Crippen molar-refractivity contribution in [1.29, 1.82) is 0 Å². The van der Waals surface area contributed by atoms with Crippen molar-refractivity contribution in [1.82, 2.24) is 20.3 Å². The topological polar surface area (TPSA) is 79.8 Å². The first kappa shape index (κ1) is 24.2. The Morgan fingerprint density at radius 1 is 1.03 bits per heavy atom.